The Balaban J connectivity index is 1.66. The van der Waals surface area contributed by atoms with Crippen LogP contribution in [0.2, 0.25) is 0 Å². The Hall–Kier alpha value is -0.570. The SMILES string of the molecule is ClC(CN1CCOCC1)c1ccc2c(c1)CCC2. The fraction of sp³-hybridized carbons (Fsp3) is 0.600. The molecular formula is C15H20ClNO. The molecule has 0 aromatic heterocycles. The van der Waals surface area contributed by atoms with E-state index in [4.69, 9.17) is 16.3 Å². The molecule has 3 heteroatoms. The molecule has 1 saturated heterocycles. The van der Waals surface area contributed by atoms with Crippen molar-refractivity contribution < 1.29 is 4.74 Å². The molecular weight excluding hydrogens is 246 g/mol. The minimum Gasteiger partial charge on any atom is -0.379 e. The van der Waals surface area contributed by atoms with Crippen LogP contribution in [-0.2, 0) is 17.6 Å². The highest BCUT2D eigenvalue weighted by atomic mass is 35.5. The predicted octanol–water partition coefficient (Wildman–Crippen LogP) is 2.79. The third kappa shape index (κ3) is 2.71. The van der Waals surface area contributed by atoms with Crippen molar-refractivity contribution in [1.29, 1.82) is 0 Å². The number of hydrogen-bond acceptors (Lipinski definition) is 2. The summed E-state index contributed by atoms with van der Waals surface area (Å²) in [5.74, 6) is 0. The van der Waals surface area contributed by atoms with Gasteiger partial charge in [-0.25, -0.2) is 0 Å². The van der Waals surface area contributed by atoms with Crippen molar-refractivity contribution in [3.63, 3.8) is 0 Å². The highest BCUT2D eigenvalue weighted by Gasteiger charge is 2.18. The van der Waals surface area contributed by atoms with Gasteiger partial charge in [0.25, 0.3) is 0 Å². The lowest BCUT2D eigenvalue weighted by atomic mass is 10.0. The molecule has 0 radical (unpaired) electrons. The molecule has 1 heterocycles. The Labute approximate surface area is 114 Å². The van der Waals surface area contributed by atoms with E-state index in [1.165, 1.54) is 36.0 Å². The van der Waals surface area contributed by atoms with E-state index >= 15 is 0 Å². The van der Waals surface area contributed by atoms with E-state index in [2.05, 4.69) is 23.1 Å². The summed E-state index contributed by atoms with van der Waals surface area (Å²) >= 11 is 6.56. The number of alkyl halides is 1. The summed E-state index contributed by atoms with van der Waals surface area (Å²) in [4.78, 5) is 2.40. The van der Waals surface area contributed by atoms with Gasteiger partial charge in [0.05, 0.1) is 18.6 Å². The van der Waals surface area contributed by atoms with E-state index < -0.39 is 0 Å². The number of nitrogens with zero attached hydrogens (tertiary/aromatic N) is 1. The number of ether oxygens (including phenoxy) is 1. The van der Waals surface area contributed by atoms with Crippen LogP contribution in [0.15, 0.2) is 18.2 Å². The van der Waals surface area contributed by atoms with Crippen LogP contribution in [0.4, 0.5) is 0 Å². The van der Waals surface area contributed by atoms with Gasteiger partial charge in [-0.05, 0) is 36.0 Å². The second-order valence-corrected chi connectivity index (χ2v) is 5.79. The molecule has 1 aromatic carbocycles. The quantitative estimate of drug-likeness (QED) is 0.780. The first-order valence-corrected chi connectivity index (χ1v) is 7.32. The Morgan fingerprint density at radius 3 is 2.78 bits per heavy atom. The molecule has 1 aliphatic heterocycles. The number of fused-ring (bicyclic) bond motifs is 1. The Morgan fingerprint density at radius 1 is 1.17 bits per heavy atom. The van der Waals surface area contributed by atoms with E-state index in [9.17, 15) is 0 Å². The van der Waals surface area contributed by atoms with Crippen molar-refractivity contribution >= 4 is 11.6 Å². The van der Waals surface area contributed by atoms with Gasteiger partial charge in [-0.3, -0.25) is 4.90 Å². The smallest absolute Gasteiger partial charge is 0.0712 e. The highest BCUT2D eigenvalue weighted by Crippen LogP contribution is 2.28. The van der Waals surface area contributed by atoms with Gasteiger partial charge in [0.2, 0.25) is 0 Å². The maximum atomic E-state index is 6.56. The summed E-state index contributed by atoms with van der Waals surface area (Å²) in [6.07, 6.45) is 3.77. The van der Waals surface area contributed by atoms with Crippen LogP contribution in [-0.4, -0.2) is 37.7 Å². The number of aryl methyl sites for hydroxylation is 2. The number of morpholine rings is 1. The number of hydrogen-bond donors (Lipinski definition) is 0. The summed E-state index contributed by atoms with van der Waals surface area (Å²) in [5.41, 5.74) is 4.32. The molecule has 0 spiro atoms. The van der Waals surface area contributed by atoms with Crippen molar-refractivity contribution in [3.05, 3.63) is 34.9 Å². The molecule has 1 unspecified atom stereocenters. The van der Waals surface area contributed by atoms with Crippen molar-refractivity contribution in [1.82, 2.24) is 4.90 Å². The standard InChI is InChI=1S/C15H20ClNO/c16-15(11-17-6-8-18-9-7-17)14-5-4-12-2-1-3-13(12)10-14/h4-5,10,15H,1-3,6-9,11H2. The molecule has 18 heavy (non-hydrogen) atoms. The van der Waals surface area contributed by atoms with Crippen LogP contribution in [0.1, 0.15) is 28.5 Å². The molecule has 2 aliphatic rings. The monoisotopic (exact) mass is 265 g/mol. The fourth-order valence-corrected chi connectivity index (χ4v) is 3.23. The Kier molecular flexibility index (Phi) is 3.88. The first kappa shape index (κ1) is 12.5. The molecule has 1 aromatic rings. The molecule has 3 rings (SSSR count). The lowest BCUT2D eigenvalue weighted by Crippen LogP contribution is -2.38. The number of benzene rings is 1. The normalized spacial score (nSPS) is 21.8. The first-order chi connectivity index (χ1) is 8.83. The maximum absolute atomic E-state index is 6.56. The summed E-state index contributed by atoms with van der Waals surface area (Å²) in [5, 5.41) is 0.106. The number of halogens is 1. The lowest BCUT2D eigenvalue weighted by molar-refractivity contribution is 0.0378. The summed E-state index contributed by atoms with van der Waals surface area (Å²) in [6, 6.07) is 6.80. The fourth-order valence-electron chi connectivity index (χ4n) is 2.90. The van der Waals surface area contributed by atoms with E-state index in [1.54, 1.807) is 0 Å². The van der Waals surface area contributed by atoms with E-state index in [1.807, 2.05) is 0 Å². The number of rotatable bonds is 3. The van der Waals surface area contributed by atoms with Crippen LogP contribution in [0.5, 0.6) is 0 Å². The zero-order valence-corrected chi connectivity index (χ0v) is 11.5. The van der Waals surface area contributed by atoms with Crippen LogP contribution in [0, 0.1) is 0 Å². The summed E-state index contributed by atoms with van der Waals surface area (Å²) in [6.45, 7) is 4.63. The van der Waals surface area contributed by atoms with E-state index in [-0.39, 0.29) is 5.38 Å². The third-order valence-corrected chi connectivity index (χ3v) is 4.40. The zero-order valence-electron chi connectivity index (χ0n) is 10.7. The second-order valence-electron chi connectivity index (χ2n) is 5.26. The van der Waals surface area contributed by atoms with Crippen LogP contribution in [0.25, 0.3) is 0 Å². The molecule has 1 fully saturated rings. The average molecular weight is 266 g/mol. The van der Waals surface area contributed by atoms with E-state index in [0.29, 0.717) is 0 Å². The molecule has 98 valence electrons. The van der Waals surface area contributed by atoms with Gasteiger partial charge in [-0.2, -0.15) is 0 Å². The zero-order chi connectivity index (χ0) is 12.4. The molecule has 0 N–H and O–H groups in total. The molecule has 0 saturated carbocycles. The lowest BCUT2D eigenvalue weighted by Gasteiger charge is -2.28. The summed E-state index contributed by atoms with van der Waals surface area (Å²) in [7, 11) is 0. The molecule has 1 atom stereocenters. The van der Waals surface area contributed by atoms with Crippen LogP contribution >= 0.6 is 11.6 Å². The topological polar surface area (TPSA) is 12.5 Å². The van der Waals surface area contributed by atoms with Crippen molar-refractivity contribution in [2.75, 3.05) is 32.8 Å². The van der Waals surface area contributed by atoms with Gasteiger partial charge in [-0.1, -0.05) is 18.2 Å². The van der Waals surface area contributed by atoms with Gasteiger partial charge >= 0.3 is 0 Å². The molecule has 0 amide bonds. The van der Waals surface area contributed by atoms with Crippen LogP contribution in [0.3, 0.4) is 0 Å². The summed E-state index contributed by atoms with van der Waals surface area (Å²) < 4.78 is 5.36. The third-order valence-electron chi connectivity index (χ3n) is 4.01. The first-order valence-electron chi connectivity index (χ1n) is 6.89. The van der Waals surface area contributed by atoms with Gasteiger partial charge in [-0.15, -0.1) is 11.6 Å². The van der Waals surface area contributed by atoms with E-state index in [0.717, 1.165) is 32.8 Å². The van der Waals surface area contributed by atoms with Crippen LogP contribution < -0.4 is 0 Å². The molecule has 1 aliphatic carbocycles. The van der Waals surface area contributed by atoms with Gasteiger partial charge in [0, 0.05) is 19.6 Å². The van der Waals surface area contributed by atoms with Gasteiger partial charge in [0.15, 0.2) is 0 Å². The highest BCUT2D eigenvalue weighted by molar-refractivity contribution is 6.21. The molecule has 2 nitrogen and oxygen atoms in total. The van der Waals surface area contributed by atoms with Gasteiger partial charge in [0.1, 0.15) is 0 Å². The van der Waals surface area contributed by atoms with Crippen molar-refractivity contribution in [2.24, 2.45) is 0 Å². The molecule has 0 bridgehead atoms. The Bertz CT molecular complexity index is 415. The average Bonchev–Trinajstić information content (AvgIpc) is 2.87. The maximum Gasteiger partial charge on any atom is 0.0712 e. The second kappa shape index (κ2) is 5.60. The van der Waals surface area contributed by atoms with Crippen molar-refractivity contribution in [2.45, 2.75) is 24.6 Å². The Morgan fingerprint density at radius 2 is 1.94 bits per heavy atom. The van der Waals surface area contributed by atoms with Crippen molar-refractivity contribution in [3.8, 4) is 0 Å². The minimum atomic E-state index is 0.106. The van der Waals surface area contributed by atoms with Gasteiger partial charge < -0.3 is 4.74 Å². The minimum absolute atomic E-state index is 0.106. The largest absolute Gasteiger partial charge is 0.379 e. The predicted molar refractivity (Wildman–Crippen MR) is 74.3 cm³/mol.